The zero-order chi connectivity index (χ0) is 3.41. The van der Waals surface area contributed by atoms with Gasteiger partial charge in [0.1, 0.15) is 0 Å². The minimum absolute atomic E-state index is 0. The largest absolute Gasteiger partial charge is 0.178 e. The maximum absolute atomic E-state index is 5.72. The second kappa shape index (κ2) is 17.5. The van der Waals surface area contributed by atoms with Crippen molar-refractivity contribution in [2.45, 2.75) is 0 Å². The number of hydrogen-bond acceptors (Lipinski definition) is 2. The van der Waals surface area contributed by atoms with Crippen molar-refractivity contribution in [3.63, 3.8) is 0 Å². The second-order valence-electron chi connectivity index (χ2n) is 0.200. The second-order valence-corrected chi connectivity index (χ2v) is 0.200. The molecule has 0 rings (SSSR count). The summed E-state index contributed by atoms with van der Waals surface area (Å²) >= 11 is 0. The molecule has 0 unspecified atom stereocenters. The summed E-state index contributed by atoms with van der Waals surface area (Å²) in [5.41, 5.74) is 0. The number of nitrogens with zero attached hydrogens (tertiary/aromatic N) is 2. The first kappa shape index (κ1) is 16.0. The molecule has 6 heavy (non-hydrogen) atoms. The SMILES string of the molecule is [C]N=N[C].[Co].[Cu]. The van der Waals surface area contributed by atoms with E-state index >= 15 is 0 Å². The Morgan fingerprint density at radius 1 is 1.00 bits per heavy atom. The molecule has 0 aromatic heterocycles. The topological polar surface area (TPSA) is 24.7 Å². The molecule has 0 aromatic carbocycles. The normalized spacial score (nSPS) is 6.33. The van der Waals surface area contributed by atoms with Gasteiger partial charge in [-0.3, -0.25) is 0 Å². The van der Waals surface area contributed by atoms with E-state index in [1.165, 1.54) is 0 Å². The van der Waals surface area contributed by atoms with Crippen LogP contribution in [0.1, 0.15) is 0 Å². The molecule has 4 heteroatoms. The Balaban J connectivity index is -0.0000000450. The van der Waals surface area contributed by atoms with Crippen molar-refractivity contribution in [2.75, 3.05) is 0 Å². The van der Waals surface area contributed by atoms with Crippen molar-refractivity contribution in [1.82, 2.24) is 0 Å². The summed E-state index contributed by atoms with van der Waals surface area (Å²) < 4.78 is 0. The zero-order valence-electron chi connectivity index (χ0n) is 2.53. The van der Waals surface area contributed by atoms with Crippen molar-refractivity contribution in [1.29, 1.82) is 0 Å². The van der Waals surface area contributed by atoms with Crippen LogP contribution in [-0.2, 0) is 33.8 Å². The van der Waals surface area contributed by atoms with Crippen molar-refractivity contribution in [2.24, 2.45) is 10.2 Å². The molecule has 0 saturated carbocycles. The molecule has 0 aliphatic rings. The van der Waals surface area contributed by atoms with E-state index in [4.69, 9.17) is 14.1 Å². The van der Waals surface area contributed by atoms with Crippen LogP contribution in [0, 0.1) is 14.1 Å². The van der Waals surface area contributed by atoms with E-state index in [9.17, 15) is 0 Å². The van der Waals surface area contributed by atoms with Crippen molar-refractivity contribution in [3.8, 4) is 0 Å². The Hall–Kier alpha value is 0.626. The summed E-state index contributed by atoms with van der Waals surface area (Å²) in [6.45, 7) is 0. The summed E-state index contributed by atoms with van der Waals surface area (Å²) in [7, 11) is 11.4. The van der Waals surface area contributed by atoms with Gasteiger partial charge >= 0.3 is 0 Å². The maximum atomic E-state index is 5.72. The van der Waals surface area contributed by atoms with Crippen LogP contribution in [0.25, 0.3) is 0 Å². The third kappa shape index (κ3) is 23.0. The first-order valence-electron chi connectivity index (χ1n) is 0.647. The molecule has 0 saturated heterocycles. The molecule has 8 radical (unpaired) electrons. The van der Waals surface area contributed by atoms with Crippen LogP contribution < -0.4 is 0 Å². The van der Waals surface area contributed by atoms with Crippen LogP contribution in [-0.4, -0.2) is 0 Å². The quantitative estimate of drug-likeness (QED) is 0.378. The molecule has 0 heterocycles. The minimum atomic E-state index is 0. The first-order chi connectivity index (χ1) is 1.91. The van der Waals surface area contributed by atoms with Crippen LogP contribution >= 0.6 is 0 Å². The van der Waals surface area contributed by atoms with E-state index in [1.54, 1.807) is 0 Å². The molecule has 0 spiro atoms. The zero-order valence-corrected chi connectivity index (χ0v) is 4.51. The number of azo groups is 1. The Labute approximate surface area is 58.5 Å². The third-order valence-electron chi connectivity index (χ3n) is 0.0500. The third-order valence-corrected chi connectivity index (χ3v) is 0.0500. The fraction of sp³-hybridized carbons (Fsp3) is 0. The summed E-state index contributed by atoms with van der Waals surface area (Å²) in [6.07, 6.45) is 0. The Bertz CT molecular complexity index is 26.7. The monoisotopic (exact) mass is 174 g/mol. The Morgan fingerprint density at radius 3 is 1.17 bits per heavy atom. The van der Waals surface area contributed by atoms with Crippen LogP contribution in [0.4, 0.5) is 0 Å². The minimum Gasteiger partial charge on any atom is -0.178 e. The molecule has 0 aliphatic heterocycles. The van der Waals surface area contributed by atoms with Crippen LogP contribution in [0.5, 0.6) is 0 Å². The van der Waals surface area contributed by atoms with E-state index in [0.717, 1.165) is 0 Å². The van der Waals surface area contributed by atoms with Gasteiger partial charge < -0.3 is 0 Å². The number of hydrogen-bond donors (Lipinski definition) is 0. The molecule has 0 bridgehead atoms. The molecule has 38 valence electrons. The van der Waals surface area contributed by atoms with Crippen LogP contribution in [0.2, 0.25) is 0 Å². The van der Waals surface area contributed by atoms with E-state index in [1.807, 2.05) is 0 Å². The van der Waals surface area contributed by atoms with Crippen LogP contribution in [0.15, 0.2) is 10.2 Å². The molecular weight excluding hydrogens is 175 g/mol. The van der Waals surface area contributed by atoms with E-state index in [-0.39, 0.29) is 33.8 Å². The van der Waals surface area contributed by atoms with Gasteiger partial charge in [0.15, 0.2) is 14.1 Å². The summed E-state index contributed by atoms with van der Waals surface area (Å²) in [5.74, 6) is 0. The number of rotatable bonds is 0. The van der Waals surface area contributed by atoms with Gasteiger partial charge in [-0.15, -0.1) is 0 Å². The molecule has 0 atom stereocenters. The van der Waals surface area contributed by atoms with Crippen molar-refractivity contribution >= 4 is 0 Å². The Morgan fingerprint density at radius 2 is 1.17 bits per heavy atom. The van der Waals surface area contributed by atoms with E-state index in [2.05, 4.69) is 10.2 Å². The Kier molecular flexibility index (Phi) is 46.4. The standard InChI is InChI=1S/C2N2.Co.Cu/c1-3-4-2;;. The maximum Gasteiger partial charge on any atom is 0.178 e. The molecule has 0 aliphatic carbocycles. The average Bonchev–Trinajstić information content (AvgIpc) is 1.37. The van der Waals surface area contributed by atoms with Crippen molar-refractivity contribution in [3.05, 3.63) is 14.1 Å². The van der Waals surface area contributed by atoms with Crippen molar-refractivity contribution < 1.29 is 33.8 Å². The van der Waals surface area contributed by atoms with Gasteiger partial charge in [0.25, 0.3) is 0 Å². The smallest absolute Gasteiger partial charge is 0.178 e. The van der Waals surface area contributed by atoms with Gasteiger partial charge in [-0.05, 0) is 0 Å². The molecule has 0 fully saturated rings. The van der Waals surface area contributed by atoms with Gasteiger partial charge in [-0.25, -0.2) is 0 Å². The summed E-state index contributed by atoms with van der Waals surface area (Å²) in [4.78, 5) is 0. The predicted octanol–water partition coefficient (Wildman–Crippen LogP) is 0.525. The molecule has 2 nitrogen and oxygen atoms in total. The van der Waals surface area contributed by atoms with E-state index in [0.29, 0.717) is 0 Å². The average molecular weight is 175 g/mol. The molecule has 0 aromatic rings. The fourth-order valence-electron chi connectivity index (χ4n) is 0. The van der Waals surface area contributed by atoms with Gasteiger partial charge in [0, 0.05) is 33.8 Å². The van der Waals surface area contributed by atoms with Gasteiger partial charge in [0.05, 0.1) is 0 Å². The molecule has 0 N–H and O–H groups in total. The molecular formula is C2CoCuN2. The van der Waals surface area contributed by atoms with E-state index < -0.39 is 0 Å². The summed E-state index contributed by atoms with van der Waals surface area (Å²) in [6, 6.07) is 0. The first-order valence-corrected chi connectivity index (χ1v) is 0.647. The van der Waals surface area contributed by atoms with Crippen LogP contribution in [0.3, 0.4) is 0 Å². The van der Waals surface area contributed by atoms with Gasteiger partial charge in [-0.1, -0.05) is 0 Å². The van der Waals surface area contributed by atoms with Gasteiger partial charge in [0.2, 0.25) is 0 Å². The summed E-state index contributed by atoms with van der Waals surface area (Å²) in [5, 5.41) is 4.56. The predicted molar refractivity (Wildman–Crippen MR) is 11.3 cm³/mol. The fourth-order valence-corrected chi connectivity index (χ4v) is 0. The van der Waals surface area contributed by atoms with Gasteiger partial charge in [-0.2, -0.15) is 10.2 Å². The molecule has 0 amide bonds.